The number of para-hydroxylation sites is 2. The fourth-order valence-electron chi connectivity index (χ4n) is 3.10. The molecule has 21 heavy (non-hydrogen) atoms. The van der Waals surface area contributed by atoms with Crippen molar-refractivity contribution in [1.82, 2.24) is 9.55 Å². The number of rotatable bonds is 4. The van der Waals surface area contributed by atoms with Crippen molar-refractivity contribution < 1.29 is 0 Å². The van der Waals surface area contributed by atoms with Gasteiger partial charge in [0.25, 0.3) is 0 Å². The minimum Gasteiger partial charge on any atom is -0.325 e. The molecule has 2 heteroatoms. The van der Waals surface area contributed by atoms with E-state index in [9.17, 15) is 0 Å². The molecule has 2 nitrogen and oxygen atoms in total. The van der Waals surface area contributed by atoms with Gasteiger partial charge in [-0.2, -0.15) is 0 Å². The molecule has 1 aromatic heterocycles. The zero-order valence-electron chi connectivity index (χ0n) is 13.0. The molecule has 0 saturated heterocycles. The Labute approximate surface area is 126 Å². The second-order valence-corrected chi connectivity index (χ2v) is 5.79. The highest BCUT2D eigenvalue weighted by Gasteiger charge is 2.21. The Morgan fingerprint density at radius 3 is 2.29 bits per heavy atom. The Balaban J connectivity index is 2.20. The third-order valence-electron chi connectivity index (χ3n) is 4.06. The first-order chi connectivity index (χ1) is 10.2. The van der Waals surface area contributed by atoms with Crippen molar-refractivity contribution in [2.45, 2.75) is 39.2 Å². The normalized spacial score (nSPS) is 13.0. The lowest BCUT2D eigenvalue weighted by atomic mass is 9.95. The molecule has 108 valence electrons. The van der Waals surface area contributed by atoms with E-state index < -0.39 is 0 Å². The zero-order valence-corrected chi connectivity index (χ0v) is 13.0. The van der Waals surface area contributed by atoms with Crippen molar-refractivity contribution >= 4 is 11.0 Å². The van der Waals surface area contributed by atoms with Crippen LogP contribution in [0.25, 0.3) is 11.0 Å². The Bertz CT molecular complexity index is 726. The van der Waals surface area contributed by atoms with Gasteiger partial charge >= 0.3 is 0 Å². The largest absolute Gasteiger partial charge is 0.325 e. The van der Waals surface area contributed by atoms with Gasteiger partial charge in [-0.15, -0.1) is 0 Å². The monoisotopic (exact) mass is 278 g/mol. The van der Waals surface area contributed by atoms with Crippen LogP contribution in [0.15, 0.2) is 54.6 Å². The van der Waals surface area contributed by atoms with Crippen molar-refractivity contribution in [2.75, 3.05) is 0 Å². The predicted molar refractivity (Wildman–Crippen MR) is 88.7 cm³/mol. The van der Waals surface area contributed by atoms with Gasteiger partial charge in [0, 0.05) is 12.0 Å². The van der Waals surface area contributed by atoms with Crippen LogP contribution in [0.2, 0.25) is 0 Å². The molecule has 3 rings (SSSR count). The molecular weight excluding hydrogens is 256 g/mol. The zero-order chi connectivity index (χ0) is 14.8. The maximum Gasteiger partial charge on any atom is 0.117 e. The molecule has 0 N–H and O–H groups in total. The molecule has 0 aliphatic carbocycles. The third-order valence-corrected chi connectivity index (χ3v) is 4.06. The lowest BCUT2D eigenvalue weighted by Gasteiger charge is -2.20. The standard InChI is InChI=1S/C19H22N2/c1-4-16(15-10-6-5-7-11-15)19-20-17-12-8-9-13-18(17)21(19)14(2)3/h5-14,16H,4H2,1-3H3. The van der Waals surface area contributed by atoms with Crippen LogP contribution in [-0.4, -0.2) is 9.55 Å². The average molecular weight is 278 g/mol. The Kier molecular flexibility index (Phi) is 3.78. The lowest BCUT2D eigenvalue weighted by Crippen LogP contribution is -2.11. The predicted octanol–water partition coefficient (Wildman–Crippen LogP) is 5.16. The summed E-state index contributed by atoms with van der Waals surface area (Å²) in [7, 11) is 0. The molecule has 1 heterocycles. The second-order valence-electron chi connectivity index (χ2n) is 5.79. The highest BCUT2D eigenvalue weighted by molar-refractivity contribution is 5.76. The van der Waals surface area contributed by atoms with Gasteiger partial charge in [-0.25, -0.2) is 4.98 Å². The van der Waals surface area contributed by atoms with Gasteiger partial charge < -0.3 is 4.57 Å². The first-order valence-electron chi connectivity index (χ1n) is 7.74. The van der Waals surface area contributed by atoms with Gasteiger partial charge in [0.2, 0.25) is 0 Å². The molecule has 3 aromatic rings. The summed E-state index contributed by atoms with van der Waals surface area (Å²) in [5.74, 6) is 1.53. The van der Waals surface area contributed by atoms with Crippen LogP contribution in [0, 0.1) is 0 Å². The topological polar surface area (TPSA) is 17.8 Å². The minimum atomic E-state index is 0.348. The summed E-state index contributed by atoms with van der Waals surface area (Å²) in [4.78, 5) is 4.94. The average Bonchev–Trinajstić information content (AvgIpc) is 2.88. The maximum absolute atomic E-state index is 4.94. The molecule has 1 atom stereocenters. The van der Waals surface area contributed by atoms with Gasteiger partial charge in [-0.3, -0.25) is 0 Å². The Hall–Kier alpha value is -2.09. The molecule has 0 radical (unpaired) electrons. The summed E-state index contributed by atoms with van der Waals surface area (Å²) >= 11 is 0. The SMILES string of the molecule is CCC(c1ccccc1)c1nc2ccccc2n1C(C)C. The van der Waals surface area contributed by atoms with Crippen molar-refractivity contribution in [3.63, 3.8) is 0 Å². The van der Waals surface area contributed by atoms with E-state index in [4.69, 9.17) is 4.98 Å². The Morgan fingerprint density at radius 2 is 1.62 bits per heavy atom. The number of benzene rings is 2. The van der Waals surface area contributed by atoms with Crippen LogP contribution in [0.3, 0.4) is 0 Å². The van der Waals surface area contributed by atoms with E-state index in [-0.39, 0.29) is 0 Å². The van der Waals surface area contributed by atoms with Crippen LogP contribution in [-0.2, 0) is 0 Å². The first-order valence-corrected chi connectivity index (χ1v) is 7.74. The Morgan fingerprint density at radius 1 is 0.952 bits per heavy atom. The summed E-state index contributed by atoms with van der Waals surface area (Å²) in [6, 6.07) is 19.5. The van der Waals surface area contributed by atoms with E-state index >= 15 is 0 Å². The quantitative estimate of drug-likeness (QED) is 0.644. The van der Waals surface area contributed by atoms with Crippen LogP contribution in [0.4, 0.5) is 0 Å². The third kappa shape index (κ3) is 2.46. The van der Waals surface area contributed by atoms with Crippen LogP contribution in [0.1, 0.15) is 50.5 Å². The van der Waals surface area contributed by atoms with E-state index in [1.54, 1.807) is 0 Å². The van der Waals surface area contributed by atoms with Crippen LogP contribution < -0.4 is 0 Å². The van der Waals surface area contributed by atoms with E-state index in [1.165, 1.54) is 16.9 Å². The van der Waals surface area contributed by atoms with Crippen molar-refractivity contribution in [3.8, 4) is 0 Å². The van der Waals surface area contributed by atoms with Gasteiger partial charge in [0.05, 0.1) is 11.0 Å². The summed E-state index contributed by atoms with van der Waals surface area (Å²) in [6.07, 6.45) is 1.06. The number of nitrogens with zero attached hydrogens (tertiary/aromatic N) is 2. The molecule has 0 saturated carbocycles. The van der Waals surface area contributed by atoms with E-state index in [0.29, 0.717) is 12.0 Å². The van der Waals surface area contributed by atoms with E-state index in [2.05, 4.69) is 79.9 Å². The number of hydrogen-bond acceptors (Lipinski definition) is 1. The summed E-state index contributed by atoms with van der Waals surface area (Å²) in [5, 5.41) is 0. The smallest absolute Gasteiger partial charge is 0.117 e. The molecule has 0 bridgehead atoms. The van der Waals surface area contributed by atoms with Crippen molar-refractivity contribution in [3.05, 3.63) is 66.0 Å². The summed E-state index contributed by atoms with van der Waals surface area (Å²) in [6.45, 7) is 6.70. The molecule has 0 aliphatic rings. The fourth-order valence-corrected chi connectivity index (χ4v) is 3.10. The first kappa shape index (κ1) is 13.9. The van der Waals surface area contributed by atoms with Crippen LogP contribution >= 0.6 is 0 Å². The van der Waals surface area contributed by atoms with Gasteiger partial charge in [-0.05, 0) is 38.0 Å². The molecule has 0 aliphatic heterocycles. The molecule has 0 spiro atoms. The number of imidazole rings is 1. The molecule has 2 aromatic carbocycles. The van der Waals surface area contributed by atoms with Gasteiger partial charge in [0.1, 0.15) is 5.82 Å². The molecule has 0 amide bonds. The summed E-state index contributed by atoms with van der Waals surface area (Å²) in [5.41, 5.74) is 3.67. The van der Waals surface area contributed by atoms with Crippen LogP contribution in [0.5, 0.6) is 0 Å². The van der Waals surface area contributed by atoms with Gasteiger partial charge in [0.15, 0.2) is 0 Å². The molecule has 0 fully saturated rings. The van der Waals surface area contributed by atoms with E-state index in [0.717, 1.165) is 11.9 Å². The highest BCUT2D eigenvalue weighted by Crippen LogP contribution is 2.32. The highest BCUT2D eigenvalue weighted by atomic mass is 15.1. The number of hydrogen-bond donors (Lipinski definition) is 0. The summed E-state index contributed by atoms with van der Waals surface area (Å²) < 4.78 is 2.39. The number of fused-ring (bicyclic) bond motifs is 1. The number of aromatic nitrogens is 2. The van der Waals surface area contributed by atoms with E-state index in [1.807, 2.05) is 0 Å². The van der Waals surface area contributed by atoms with Crippen molar-refractivity contribution in [2.24, 2.45) is 0 Å². The molecule has 1 unspecified atom stereocenters. The van der Waals surface area contributed by atoms with Crippen molar-refractivity contribution in [1.29, 1.82) is 0 Å². The lowest BCUT2D eigenvalue weighted by molar-refractivity contribution is 0.557. The second kappa shape index (κ2) is 5.72. The van der Waals surface area contributed by atoms with Gasteiger partial charge in [-0.1, -0.05) is 49.4 Å². The fraction of sp³-hybridized carbons (Fsp3) is 0.316. The maximum atomic E-state index is 4.94. The minimum absolute atomic E-state index is 0.348. The molecular formula is C19H22N2.